The van der Waals surface area contributed by atoms with Crippen molar-refractivity contribution in [2.24, 2.45) is 17.8 Å². The van der Waals surface area contributed by atoms with Crippen LogP contribution in [0.3, 0.4) is 0 Å². The Hall–Kier alpha value is -4.90. The lowest BCUT2D eigenvalue weighted by Gasteiger charge is -2.34. The fourth-order valence-corrected chi connectivity index (χ4v) is 10.0. The minimum Gasteiger partial charge on any atom is -0.354 e. The fourth-order valence-electron chi connectivity index (χ4n) is 8.91. The van der Waals surface area contributed by atoms with Gasteiger partial charge in [0, 0.05) is 32.1 Å². The van der Waals surface area contributed by atoms with Crippen LogP contribution in [0.4, 0.5) is 0 Å². The average Bonchev–Trinajstić information content (AvgIpc) is 3.79. The second-order valence-electron chi connectivity index (χ2n) is 24.2. The van der Waals surface area contributed by atoms with Gasteiger partial charge in [-0.05, 0) is 119 Å². The van der Waals surface area contributed by atoms with Crippen molar-refractivity contribution in [2.75, 3.05) is 40.0 Å². The van der Waals surface area contributed by atoms with Crippen LogP contribution in [0.5, 0.6) is 0 Å². The average molecular weight is 1110 g/mol. The van der Waals surface area contributed by atoms with Gasteiger partial charge >= 0.3 is 0 Å². The van der Waals surface area contributed by atoms with Gasteiger partial charge < -0.3 is 52.8 Å². The van der Waals surface area contributed by atoms with Gasteiger partial charge in [-0.3, -0.25) is 43.2 Å². The van der Waals surface area contributed by atoms with Crippen molar-refractivity contribution in [3.05, 3.63) is 0 Å². The van der Waals surface area contributed by atoms with Gasteiger partial charge in [-0.1, -0.05) is 87.0 Å². The summed E-state index contributed by atoms with van der Waals surface area (Å²) >= 11 is 0. The topological polar surface area (TPSA) is 303 Å². The standard InChI is InChI=1S/C54H101N11O11S/c1-18-19-20-21-22-23-25-38(57-48(71)42-26-24-29-65(42)77(17,75)76)44(67)58-40(31-35(4)5)46(69)61-53(11,12)50(73)60-39(30-34(2)3)45(68)59-41(32-36(6)7)47(70)62-54(13,14)51(74)63-52(9,10)49(72)55-28-27-43(66)56-37(8)33-64(15)16/h34-42H,18-33H2,1-17H3,(H,55,72)(H,56,66)(H,57,71)(H,58,67)(H,59,68)(H,60,73)(H,61,69)(H,62,70)(H,63,74)/t37?,38?,39?,40?,41?,42-/m0/s1. The van der Waals surface area contributed by atoms with Crippen LogP contribution in [0.1, 0.15) is 180 Å². The SMILES string of the molecule is CCCCCCCCC(NC(=O)[C@@H]1CCCN1S(C)(=O)=O)C(=O)NC(CC(C)C)C(=O)NC(C)(C)C(=O)NC(CC(C)C)C(=O)NC(CC(C)C)C(=O)NC(C)(C)C(=O)NC(C)(C)C(=O)NCCC(=O)NC(C)CN(C)C. The minimum absolute atomic E-state index is 0.0257. The van der Waals surface area contributed by atoms with Crippen LogP contribution in [0.15, 0.2) is 0 Å². The zero-order valence-electron chi connectivity index (χ0n) is 49.8. The molecule has 23 heteroatoms. The molecule has 0 spiro atoms. The molecule has 1 rings (SSSR count). The summed E-state index contributed by atoms with van der Waals surface area (Å²) in [5, 5.41) is 24.8. The highest BCUT2D eigenvalue weighted by Crippen LogP contribution is 2.22. The van der Waals surface area contributed by atoms with Gasteiger partial charge in [-0.25, -0.2) is 8.42 Å². The molecule has 0 aromatic heterocycles. The van der Waals surface area contributed by atoms with Crippen molar-refractivity contribution in [3.8, 4) is 0 Å². The molecule has 6 atom stereocenters. The Morgan fingerprint density at radius 3 is 1.51 bits per heavy atom. The Morgan fingerprint density at radius 2 is 1.03 bits per heavy atom. The number of hydrogen-bond donors (Lipinski definition) is 9. The van der Waals surface area contributed by atoms with Crippen molar-refractivity contribution in [1.29, 1.82) is 0 Å². The minimum atomic E-state index is -3.69. The maximum atomic E-state index is 14.2. The first kappa shape index (κ1) is 70.1. The van der Waals surface area contributed by atoms with E-state index in [0.717, 1.165) is 42.7 Å². The van der Waals surface area contributed by atoms with Crippen LogP contribution >= 0.6 is 0 Å². The zero-order valence-corrected chi connectivity index (χ0v) is 50.6. The normalized spacial score (nSPS) is 16.5. The first-order valence-electron chi connectivity index (χ1n) is 27.8. The van der Waals surface area contributed by atoms with Crippen LogP contribution in [-0.2, 0) is 53.2 Å². The van der Waals surface area contributed by atoms with E-state index in [-0.39, 0.29) is 74.9 Å². The predicted molar refractivity (Wildman–Crippen MR) is 299 cm³/mol. The molecule has 0 aromatic carbocycles. The molecule has 0 radical (unpaired) electrons. The number of rotatable bonds is 35. The largest absolute Gasteiger partial charge is 0.354 e. The lowest BCUT2D eigenvalue weighted by Crippen LogP contribution is -2.65. The van der Waals surface area contributed by atoms with Crippen LogP contribution in [0.25, 0.3) is 0 Å². The quantitative estimate of drug-likeness (QED) is 0.0414. The molecule has 1 aliphatic heterocycles. The predicted octanol–water partition coefficient (Wildman–Crippen LogP) is 2.50. The van der Waals surface area contributed by atoms with Crippen molar-refractivity contribution in [3.63, 3.8) is 0 Å². The van der Waals surface area contributed by atoms with Crippen molar-refractivity contribution >= 4 is 63.2 Å². The smallest absolute Gasteiger partial charge is 0.246 e. The third kappa shape index (κ3) is 26.1. The number of nitrogens with zero attached hydrogens (tertiary/aromatic N) is 2. The molecular weight excluding hydrogens is 1010 g/mol. The molecule has 0 saturated carbocycles. The molecule has 1 fully saturated rings. The number of amides is 9. The molecule has 1 aliphatic rings. The van der Waals surface area contributed by atoms with Gasteiger partial charge in [-0.2, -0.15) is 4.31 Å². The highest BCUT2D eigenvalue weighted by Gasteiger charge is 2.42. The molecule has 0 aromatic rings. The molecule has 9 amide bonds. The molecular formula is C54H101N11O11S. The summed E-state index contributed by atoms with van der Waals surface area (Å²) < 4.78 is 26.1. The maximum absolute atomic E-state index is 14.2. The molecule has 9 N–H and O–H groups in total. The van der Waals surface area contributed by atoms with E-state index in [4.69, 9.17) is 0 Å². The Balaban J connectivity index is 3.23. The second kappa shape index (κ2) is 32.2. The van der Waals surface area contributed by atoms with Gasteiger partial charge in [0.1, 0.15) is 46.8 Å². The molecule has 0 bridgehead atoms. The van der Waals surface area contributed by atoms with E-state index < -0.39 is 104 Å². The van der Waals surface area contributed by atoms with Gasteiger partial charge in [0.2, 0.25) is 63.2 Å². The summed E-state index contributed by atoms with van der Waals surface area (Å²) in [6, 6.07) is -5.62. The van der Waals surface area contributed by atoms with Gasteiger partial charge in [0.05, 0.1) is 6.26 Å². The lowest BCUT2D eigenvalue weighted by molar-refractivity contribution is -0.139. The van der Waals surface area contributed by atoms with Gasteiger partial charge in [0.25, 0.3) is 0 Å². The number of nitrogens with one attached hydrogen (secondary N) is 9. The fraction of sp³-hybridized carbons (Fsp3) is 0.833. The van der Waals surface area contributed by atoms with Crippen LogP contribution in [0, 0.1) is 17.8 Å². The molecule has 1 heterocycles. The highest BCUT2D eigenvalue weighted by molar-refractivity contribution is 7.88. The number of carbonyl (C=O) groups is 9. The van der Waals surface area contributed by atoms with Gasteiger partial charge in [0.15, 0.2) is 0 Å². The van der Waals surface area contributed by atoms with E-state index in [1.807, 2.05) is 67.5 Å². The molecule has 5 unspecified atom stereocenters. The Bertz CT molecular complexity index is 2100. The Morgan fingerprint density at radius 1 is 0.571 bits per heavy atom. The second-order valence-corrected chi connectivity index (χ2v) is 26.2. The lowest BCUT2D eigenvalue weighted by atomic mass is 9.96. The number of sulfonamides is 1. The monoisotopic (exact) mass is 1110 g/mol. The van der Waals surface area contributed by atoms with Crippen molar-refractivity contribution in [1.82, 2.24) is 57.1 Å². The third-order valence-electron chi connectivity index (χ3n) is 13.1. The van der Waals surface area contributed by atoms with E-state index in [1.165, 1.54) is 41.5 Å². The first-order chi connectivity index (χ1) is 35.4. The van der Waals surface area contributed by atoms with E-state index in [0.29, 0.717) is 25.8 Å². The van der Waals surface area contributed by atoms with E-state index in [1.54, 1.807) is 0 Å². The summed E-state index contributed by atoms with van der Waals surface area (Å²) in [6.45, 7) is 24.8. The molecule has 444 valence electrons. The number of hydrogen-bond acceptors (Lipinski definition) is 12. The number of carbonyl (C=O) groups excluding carboxylic acids is 9. The summed E-state index contributed by atoms with van der Waals surface area (Å²) in [4.78, 5) is 125. The van der Waals surface area contributed by atoms with Crippen LogP contribution < -0.4 is 47.9 Å². The number of unbranched alkanes of at least 4 members (excludes halogenated alkanes) is 5. The van der Waals surface area contributed by atoms with Crippen LogP contribution in [0.2, 0.25) is 0 Å². The van der Waals surface area contributed by atoms with E-state index >= 15 is 0 Å². The molecule has 77 heavy (non-hydrogen) atoms. The summed E-state index contributed by atoms with van der Waals surface area (Å²) in [6.07, 6.45) is 8.08. The molecule has 22 nitrogen and oxygen atoms in total. The Kier molecular flexibility index (Phi) is 29.4. The summed E-state index contributed by atoms with van der Waals surface area (Å²) in [7, 11) is 0.0999. The highest BCUT2D eigenvalue weighted by atomic mass is 32.2. The van der Waals surface area contributed by atoms with E-state index in [2.05, 4.69) is 54.8 Å². The molecule has 0 aliphatic carbocycles. The summed E-state index contributed by atoms with van der Waals surface area (Å²) in [5.41, 5.74) is -4.68. The zero-order chi connectivity index (χ0) is 59.2. The molecule has 1 saturated heterocycles. The summed E-state index contributed by atoms with van der Waals surface area (Å²) in [5.74, 6) is -5.83. The van der Waals surface area contributed by atoms with Crippen LogP contribution in [-0.4, -0.2) is 164 Å². The van der Waals surface area contributed by atoms with E-state index in [9.17, 15) is 51.6 Å². The Labute approximate surface area is 461 Å². The maximum Gasteiger partial charge on any atom is 0.246 e. The third-order valence-corrected chi connectivity index (χ3v) is 14.4. The first-order valence-corrected chi connectivity index (χ1v) is 29.7. The van der Waals surface area contributed by atoms with Gasteiger partial charge in [-0.15, -0.1) is 0 Å². The van der Waals surface area contributed by atoms with Crippen molar-refractivity contribution in [2.45, 2.75) is 233 Å². The van der Waals surface area contributed by atoms with Crippen molar-refractivity contribution < 1.29 is 51.6 Å². The number of likely N-dealkylation sites (N-methyl/N-ethyl adjacent to an activating group) is 1.